The third kappa shape index (κ3) is 4.48. The maximum absolute atomic E-state index is 11.7. The number of rotatable bonds is 5. The van der Waals surface area contributed by atoms with Crippen molar-refractivity contribution in [2.24, 2.45) is 0 Å². The van der Waals surface area contributed by atoms with E-state index in [1.807, 2.05) is 4.98 Å². The second-order valence-electron chi connectivity index (χ2n) is 4.85. The lowest BCUT2D eigenvalue weighted by Crippen LogP contribution is -2.38. The molecule has 1 aromatic rings. The second kappa shape index (κ2) is 6.64. The highest BCUT2D eigenvalue weighted by Gasteiger charge is 2.48. The molecule has 2 heterocycles. The Kier molecular flexibility index (Phi) is 5.31. The highest BCUT2D eigenvalue weighted by atomic mass is 31.3. The Morgan fingerprint density at radius 3 is 2.46 bits per heavy atom. The normalized spacial score (nSPS) is 30.2. The van der Waals surface area contributed by atoms with Gasteiger partial charge in [-0.25, -0.2) is 13.9 Å². The SMILES string of the molecule is C[C@@H]1O[C@H](n2ccc(=O)[nH]c2=O)C(O)C1OP(=O)(O)OP(=O)(O)O. The summed E-state index contributed by atoms with van der Waals surface area (Å²) in [5.74, 6) is 0. The molecule has 0 saturated carbocycles. The monoisotopic (exact) mass is 388 g/mol. The van der Waals surface area contributed by atoms with Gasteiger partial charge in [-0.05, 0) is 6.92 Å². The van der Waals surface area contributed by atoms with Crippen LogP contribution in [0.5, 0.6) is 0 Å². The van der Waals surface area contributed by atoms with E-state index in [1.54, 1.807) is 0 Å². The molecule has 1 aliphatic rings. The number of nitrogens with zero attached hydrogens (tertiary/aromatic N) is 1. The number of H-pyrrole nitrogens is 1. The summed E-state index contributed by atoms with van der Waals surface area (Å²) in [6.45, 7) is 1.32. The Hall–Kier alpha value is -1.14. The molecule has 136 valence electrons. The van der Waals surface area contributed by atoms with E-state index < -0.39 is 51.4 Å². The van der Waals surface area contributed by atoms with Crippen LogP contribution >= 0.6 is 15.6 Å². The van der Waals surface area contributed by atoms with Gasteiger partial charge in [-0.2, -0.15) is 4.31 Å². The van der Waals surface area contributed by atoms with E-state index in [0.29, 0.717) is 0 Å². The number of ether oxygens (including phenoxy) is 1. The van der Waals surface area contributed by atoms with Gasteiger partial charge in [0.1, 0.15) is 12.2 Å². The van der Waals surface area contributed by atoms with E-state index in [0.717, 1.165) is 16.8 Å². The first-order valence-corrected chi connectivity index (χ1v) is 9.35. The number of aliphatic hydroxyl groups is 1. The summed E-state index contributed by atoms with van der Waals surface area (Å²) in [4.78, 5) is 51.1. The van der Waals surface area contributed by atoms with Gasteiger partial charge in [0.15, 0.2) is 6.23 Å². The summed E-state index contributed by atoms with van der Waals surface area (Å²) in [6, 6.07) is 0.990. The molecule has 13 nitrogen and oxygen atoms in total. The molecule has 0 bridgehead atoms. The lowest BCUT2D eigenvalue weighted by Gasteiger charge is -2.21. The van der Waals surface area contributed by atoms with E-state index in [-0.39, 0.29) is 0 Å². The number of hydrogen-bond donors (Lipinski definition) is 5. The lowest BCUT2D eigenvalue weighted by molar-refractivity contribution is -0.0351. The standard InChI is InChI=1S/C9H14N2O11P2/c1-4-7(21-24(18,19)22-23(15,16)17)6(13)8(20-4)11-3-2-5(12)10-9(11)14/h2-4,6-8,13H,1H3,(H,18,19)(H,10,12,14)(H2,15,16,17)/t4-,6?,7?,8-/m0/s1. The molecule has 0 amide bonds. The molecular formula is C9H14N2O11P2. The highest BCUT2D eigenvalue weighted by Crippen LogP contribution is 2.59. The zero-order chi connectivity index (χ0) is 18.3. The Morgan fingerprint density at radius 2 is 1.92 bits per heavy atom. The molecule has 0 radical (unpaired) electrons. The Bertz CT molecular complexity index is 812. The molecule has 0 aliphatic carbocycles. The lowest BCUT2D eigenvalue weighted by atomic mass is 10.1. The Labute approximate surface area is 133 Å². The van der Waals surface area contributed by atoms with Crippen molar-refractivity contribution in [3.05, 3.63) is 33.1 Å². The van der Waals surface area contributed by atoms with E-state index >= 15 is 0 Å². The van der Waals surface area contributed by atoms with Crippen LogP contribution in [0.2, 0.25) is 0 Å². The first-order chi connectivity index (χ1) is 10.9. The van der Waals surface area contributed by atoms with Crippen molar-refractivity contribution in [2.45, 2.75) is 31.5 Å². The van der Waals surface area contributed by atoms with Crippen LogP contribution in [0.1, 0.15) is 13.2 Å². The maximum Gasteiger partial charge on any atom is 0.481 e. The number of hydrogen-bond acceptors (Lipinski definition) is 8. The highest BCUT2D eigenvalue weighted by molar-refractivity contribution is 7.60. The van der Waals surface area contributed by atoms with Crippen molar-refractivity contribution in [3.8, 4) is 0 Å². The largest absolute Gasteiger partial charge is 0.481 e. The number of nitrogens with one attached hydrogen (secondary N) is 1. The third-order valence-corrected chi connectivity index (χ3v) is 5.22. The molecule has 1 fully saturated rings. The van der Waals surface area contributed by atoms with Crippen molar-refractivity contribution in [2.75, 3.05) is 0 Å². The van der Waals surface area contributed by atoms with E-state index in [1.165, 1.54) is 6.92 Å². The Balaban J connectivity index is 2.23. The summed E-state index contributed by atoms with van der Waals surface area (Å²) in [7, 11) is -10.5. The predicted molar refractivity (Wildman–Crippen MR) is 74.7 cm³/mol. The second-order valence-corrected chi connectivity index (χ2v) is 7.63. The van der Waals surface area contributed by atoms with Gasteiger partial charge in [-0.1, -0.05) is 0 Å². The van der Waals surface area contributed by atoms with Crippen LogP contribution in [0.15, 0.2) is 21.9 Å². The predicted octanol–water partition coefficient (Wildman–Crippen LogP) is -1.59. The summed E-state index contributed by atoms with van der Waals surface area (Å²) in [5, 5.41) is 10.1. The van der Waals surface area contributed by atoms with Crippen molar-refractivity contribution >= 4 is 15.6 Å². The van der Waals surface area contributed by atoms with E-state index in [2.05, 4.69) is 8.83 Å². The molecule has 0 spiro atoms. The quantitative estimate of drug-likeness (QED) is 0.364. The van der Waals surface area contributed by atoms with Crippen molar-refractivity contribution in [1.82, 2.24) is 9.55 Å². The van der Waals surface area contributed by atoms with Gasteiger partial charge < -0.3 is 24.5 Å². The van der Waals surface area contributed by atoms with Gasteiger partial charge >= 0.3 is 21.3 Å². The van der Waals surface area contributed by atoms with Crippen LogP contribution in [0.4, 0.5) is 0 Å². The zero-order valence-electron chi connectivity index (χ0n) is 12.0. The molecule has 1 aliphatic heterocycles. The average molecular weight is 388 g/mol. The van der Waals surface area contributed by atoms with Gasteiger partial charge in [-0.15, -0.1) is 0 Å². The number of aromatic nitrogens is 2. The molecular weight excluding hydrogens is 374 g/mol. The van der Waals surface area contributed by atoms with Crippen LogP contribution < -0.4 is 11.2 Å². The van der Waals surface area contributed by atoms with Crippen LogP contribution in [-0.2, 0) is 22.7 Å². The minimum absolute atomic E-state index is 0.681. The van der Waals surface area contributed by atoms with Gasteiger partial charge in [0.05, 0.1) is 6.10 Å². The van der Waals surface area contributed by atoms with Crippen LogP contribution in [0.25, 0.3) is 0 Å². The molecule has 2 rings (SSSR count). The fraction of sp³-hybridized carbons (Fsp3) is 0.556. The van der Waals surface area contributed by atoms with Crippen molar-refractivity contribution in [1.29, 1.82) is 0 Å². The molecule has 15 heteroatoms. The number of phosphoric acid groups is 2. The first kappa shape index (κ1) is 19.2. The van der Waals surface area contributed by atoms with Gasteiger partial charge in [0.2, 0.25) is 0 Å². The topological polar surface area (TPSA) is 198 Å². The molecule has 5 N–H and O–H groups in total. The van der Waals surface area contributed by atoms with E-state index in [4.69, 9.17) is 14.5 Å². The zero-order valence-corrected chi connectivity index (χ0v) is 13.7. The molecule has 24 heavy (non-hydrogen) atoms. The smallest absolute Gasteiger partial charge is 0.386 e. The molecule has 5 atom stereocenters. The molecule has 3 unspecified atom stereocenters. The summed E-state index contributed by atoms with van der Waals surface area (Å²) in [5.41, 5.74) is -1.59. The molecule has 1 aromatic heterocycles. The van der Waals surface area contributed by atoms with Crippen molar-refractivity contribution < 1.29 is 42.5 Å². The fourth-order valence-electron chi connectivity index (χ4n) is 2.13. The van der Waals surface area contributed by atoms with Crippen LogP contribution in [-0.4, -0.2) is 47.6 Å². The average Bonchev–Trinajstić information content (AvgIpc) is 2.63. The van der Waals surface area contributed by atoms with Crippen molar-refractivity contribution in [3.63, 3.8) is 0 Å². The van der Waals surface area contributed by atoms with E-state index in [9.17, 15) is 28.7 Å². The van der Waals surface area contributed by atoms with Gasteiger partial charge in [0, 0.05) is 12.3 Å². The minimum Gasteiger partial charge on any atom is -0.386 e. The summed E-state index contributed by atoms with van der Waals surface area (Å²) in [6.07, 6.45) is -4.61. The molecule has 1 saturated heterocycles. The number of aliphatic hydroxyl groups excluding tert-OH is 1. The van der Waals surface area contributed by atoms with Gasteiger partial charge in [-0.3, -0.25) is 18.9 Å². The maximum atomic E-state index is 11.7. The fourth-order valence-corrected chi connectivity index (χ4v) is 3.96. The summed E-state index contributed by atoms with van der Waals surface area (Å²) < 4.78 is 36.5. The number of aromatic amines is 1. The van der Waals surface area contributed by atoms with Gasteiger partial charge in [0.25, 0.3) is 5.56 Å². The molecule has 0 aromatic carbocycles. The number of phosphoric ester groups is 1. The third-order valence-electron chi connectivity index (χ3n) is 3.04. The first-order valence-electron chi connectivity index (χ1n) is 6.33. The van der Waals surface area contributed by atoms with Crippen LogP contribution in [0, 0.1) is 0 Å². The Morgan fingerprint density at radius 1 is 1.29 bits per heavy atom. The van der Waals surface area contributed by atoms with Crippen LogP contribution in [0.3, 0.4) is 0 Å². The minimum atomic E-state index is -5.33. The summed E-state index contributed by atoms with van der Waals surface area (Å²) >= 11 is 0.